The van der Waals surface area contributed by atoms with Gasteiger partial charge in [-0.15, -0.1) is 0 Å². The second-order valence-electron chi connectivity index (χ2n) is 7.73. The number of hydrogen-bond acceptors (Lipinski definition) is 3. The summed E-state index contributed by atoms with van der Waals surface area (Å²) in [4.78, 5) is 24.5. The van der Waals surface area contributed by atoms with E-state index in [2.05, 4.69) is 27.1 Å². The van der Waals surface area contributed by atoms with Crippen molar-refractivity contribution < 1.29 is 9.18 Å². The van der Waals surface area contributed by atoms with Crippen LogP contribution in [0.2, 0.25) is 0 Å². The number of amides is 1. The van der Waals surface area contributed by atoms with E-state index in [1.807, 2.05) is 19.1 Å². The van der Waals surface area contributed by atoms with Crippen LogP contribution in [0.3, 0.4) is 0 Å². The molecule has 1 fully saturated rings. The molecule has 0 spiro atoms. The van der Waals surface area contributed by atoms with Crippen LogP contribution in [-0.4, -0.2) is 51.9 Å². The van der Waals surface area contributed by atoms with Crippen molar-refractivity contribution in [3.8, 4) is 0 Å². The van der Waals surface area contributed by atoms with Gasteiger partial charge in [0, 0.05) is 30.9 Å². The van der Waals surface area contributed by atoms with Gasteiger partial charge in [-0.25, -0.2) is 9.37 Å². The lowest BCUT2D eigenvalue weighted by atomic mass is 9.89. The molecular weight excluding hydrogens is 367 g/mol. The second-order valence-corrected chi connectivity index (χ2v) is 7.73. The van der Waals surface area contributed by atoms with Crippen LogP contribution in [0.25, 0.3) is 11.0 Å². The quantitative estimate of drug-likeness (QED) is 0.689. The maximum absolute atomic E-state index is 13.4. The number of likely N-dealkylation sites (N-methyl/N-ethyl adjacent to an activating group) is 1. The van der Waals surface area contributed by atoms with Gasteiger partial charge in [0.15, 0.2) is 0 Å². The Morgan fingerprint density at radius 1 is 1.28 bits per heavy atom. The molecule has 2 aromatic heterocycles. The summed E-state index contributed by atoms with van der Waals surface area (Å²) in [5.41, 5.74) is 3.10. The van der Waals surface area contributed by atoms with Gasteiger partial charge in [-0.1, -0.05) is 12.1 Å². The van der Waals surface area contributed by atoms with E-state index in [1.165, 1.54) is 23.1 Å². The average Bonchev–Trinajstić information content (AvgIpc) is 3.17. The fourth-order valence-electron chi connectivity index (χ4n) is 4.24. The van der Waals surface area contributed by atoms with E-state index in [4.69, 9.17) is 0 Å². The molecule has 0 saturated carbocycles. The third-order valence-corrected chi connectivity index (χ3v) is 5.87. The number of nitrogens with zero attached hydrogens (tertiary/aromatic N) is 3. The lowest BCUT2D eigenvalue weighted by molar-refractivity contribution is -0.133. The zero-order valence-corrected chi connectivity index (χ0v) is 16.8. The summed E-state index contributed by atoms with van der Waals surface area (Å²) in [6.07, 6.45) is 5.96. The number of hydrogen-bond donors (Lipinski definition) is 1. The highest BCUT2D eigenvalue weighted by molar-refractivity contribution is 5.80. The molecule has 0 aliphatic carbocycles. The van der Waals surface area contributed by atoms with Crippen molar-refractivity contribution in [3.05, 3.63) is 65.7 Å². The molecule has 3 heterocycles. The standard InChI is InChI=1S/C23H27FN4O/c1-2-28(15-17-5-3-6-19(24)13-17)22(29)16-27-11-8-18(9-12-27)21-14-26-23-20(21)7-4-10-25-23/h3-7,10,13-14,18H,2,8-9,11-12,15-16H2,1H3,(H,25,26). The van der Waals surface area contributed by atoms with Crippen LogP contribution in [0, 0.1) is 5.82 Å². The predicted molar refractivity (Wildman–Crippen MR) is 112 cm³/mol. The highest BCUT2D eigenvalue weighted by atomic mass is 19.1. The van der Waals surface area contributed by atoms with E-state index >= 15 is 0 Å². The van der Waals surface area contributed by atoms with E-state index < -0.39 is 0 Å². The van der Waals surface area contributed by atoms with Gasteiger partial charge < -0.3 is 9.88 Å². The van der Waals surface area contributed by atoms with Crippen molar-refractivity contribution in [2.45, 2.75) is 32.2 Å². The number of fused-ring (bicyclic) bond motifs is 1. The fraction of sp³-hybridized carbons (Fsp3) is 0.391. The van der Waals surface area contributed by atoms with Gasteiger partial charge in [-0.2, -0.15) is 0 Å². The lowest BCUT2D eigenvalue weighted by Crippen LogP contribution is -2.42. The van der Waals surface area contributed by atoms with Crippen molar-refractivity contribution in [2.75, 3.05) is 26.2 Å². The van der Waals surface area contributed by atoms with Crippen molar-refractivity contribution in [3.63, 3.8) is 0 Å². The van der Waals surface area contributed by atoms with Gasteiger partial charge in [-0.3, -0.25) is 9.69 Å². The first-order chi connectivity index (χ1) is 14.1. The number of likely N-dealkylation sites (tertiary alicyclic amines) is 1. The molecule has 1 amide bonds. The Morgan fingerprint density at radius 2 is 2.10 bits per heavy atom. The average molecular weight is 394 g/mol. The summed E-state index contributed by atoms with van der Waals surface area (Å²) < 4.78 is 13.4. The highest BCUT2D eigenvalue weighted by Crippen LogP contribution is 2.32. The molecule has 3 aromatic rings. The Hall–Kier alpha value is -2.73. The molecule has 0 bridgehead atoms. The Balaban J connectivity index is 1.33. The van der Waals surface area contributed by atoms with Gasteiger partial charge in [0.25, 0.3) is 0 Å². The third-order valence-electron chi connectivity index (χ3n) is 5.87. The molecule has 5 nitrogen and oxygen atoms in total. The molecule has 6 heteroatoms. The minimum absolute atomic E-state index is 0.103. The van der Waals surface area contributed by atoms with Crippen molar-refractivity contribution >= 4 is 16.9 Å². The molecule has 29 heavy (non-hydrogen) atoms. The van der Waals surface area contributed by atoms with Gasteiger partial charge in [0.1, 0.15) is 11.5 Å². The highest BCUT2D eigenvalue weighted by Gasteiger charge is 2.25. The lowest BCUT2D eigenvalue weighted by Gasteiger charge is -2.33. The topological polar surface area (TPSA) is 52.2 Å². The minimum atomic E-state index is -0.263. The van der Waals surface area contributed by atoms with Gasteiger partial charge >= 0.3 is 0 Å². The molecular formula is C23H27FN4O. The normalized spacial score (nSPS) is 15.7. The number of aromatic nitrogens is 2. The van der Waals surface area contributed by atoms with Crippen LogP contribution >= 0.6 is 0 Å². The Morgan fingerprint density at radius 3 is 2.86 bits per heavy atom. The molecule has 152 valence electrons. The number of benzene rings is 1. The second kappa shape index (κ2) is 8.74. The number of rotatable bonds is 6. The number of carbonyl (C=O) groups is 1. The summed E-state index contributed by atoms with van der Waals surface area (Å²) in [6, 6.07) is 10.6. The number of nitrogens with one attached hydrogen (secondary N) is 1. The summed E-state index contributed by atoms with van der Waals surface area (Å²) >= 11 is 0. The zero-order valence-electron chi connectivity index (χ0n) is 16.8. The van der Waals surface area contributed by atoms with E-state index in [1.54, 1.807) is 17.2 Å². The maximum Gasteiger partial charge on any atom is 0.237 e. The summed E-state index contributed by atoms with van der Waals surface area (Å²) in [6.45, 7) is 5.27. The van der Waals surface area contributed by atoms with Crippen molar-refractivity contribution in [2.24, 2.45) is 0 Å². The molecule has 1 saturated heterocycles. The van der Waals surface area contributed by atoms with Gasteiger partial charge in [0.05, 0.1) is 6.54 Å². The van der Waals surface area contributed by atoms with E-state index in [0.717, 1.165) is 37.1 Å². The smallest absolute Gasteiger partial charge is 0.237 e. The number of aromatic amines is 1. The molecule has 1 aromatic carbocycles. The first kappa shape index (κ1) is 19.6. The zero-order chi connectivity index (χ0) is 20.2. The van der Waals surface area contributed by atoms with E-state index in [9.17, 15) is 9.18 Å². The summed E-state index contributed by atoms with van der Waals surface area (Å²) in [7, 11) is 0. The largest absolute Gasteiger partial charge is 0.346 e. The number of halogens is 1. The van der Waals surface area contributed by atoms with Gasteiger partial charge in [-0.05, 0) is 74.2 Å². The first-order valence-electron chi connectivity index (χ1n) is 10.3. The molecule has 0 unspecified atom stereocenters. The SMILES string of the molecule is CCN(Cc1cccc(F)c1)C(=O)CN1CCC(c2c[nH]c3ncccc23)CC1. The molecule has 1 aliphatic heterocycles. The van der Waals surface area contributed by atoms with Crippen molar-refractivity contribution in [1.82, 2.24) is 19.8 Å². The third kappa shape index (κ3) is 4.48. The molecule has 4 rings (SSSR count). The van der Waals surface area contributed by atoms with E-state index in [0.29, 0.717) is 25.6 Å². The Kier molecular flexibility index (Phi) is 5.90. The van der Waals surface area contributed by atoms with Crippen LogP contribution < -0.4 is 0 Å². The number of carbonyl (C=O) groups excluding carboxylic acids is 1. The summed E-state index contributed by atoms with van der Waals surface area (Å²) in [5.74, 6) is 0.334. The molecule has 1 N–H and O–H groups in total. The summed E-state index contributed by atoms with van der Waals surface area (Å²) in [5, 5.41) is 1.20. The maximum atomic E-state index is 13.4. The fourth-order valence-corrected chi connectivity index (χ4v) is 4.24. The minimum Gasteiger partial charge on any atom is -0.346 e. The van der Waals surface area contributed by atoms with Crippen LogP contribution in [0.4, 0.5) is 4.39 Å². The first-order valence-corrected chi connectivity index (χ1v) is 10.3. The number of H-pyrrole nitrogens is 1. The van der Waals surface area contributed by atoms with Crippen molar-refractivity contribution in [1.29, 1.82) is 0 Å². The Bertz CT molecular complexity index is 978. The van der Waals surface area contributed by atoms with Crippen LogP contribution in [-0.2, 0) is 11.3 Å². The van der Waals surface area contributed by atoms with Gasteiger partial charge in [0.2, 0.25) is 5.91 Å². The molecule has 1 aliphatic rings. The van der Waals surface area contributed by atoms with Crippen LogP contribution in [0.5, 0.6) is 0 Å². The Labute approximate surface area is 170 Å². The molecule has 0 radical (unpaired) electrons. The monoisotopic (exact) mass is 394 g/mol. The number of pyridine rings is 1. The van der Waals surface area contributed by atoms with Crippen LogP contribution in [0.15, 0.2) is 48.8 Å². The predicted octanol–water partition coefficient (Wildman–Crippen LogP) is 3.93. The van der Waals surface area contributed by atoms with E-state index in [-0.39, 0.29) is 11.7 Å². The molecule has 0 atom stereocenters. The number of piperidine rings is 1. The van der Waals surface area contributed by atoms with Crippen LogP contribution in [0.1, 0.15) is 36.8 Å².